The van der Waals surface area contributed by atoms with Gasteiger partial charge in [-0.15, -0.1) is 11.3 Å². The number of rotatable bonds is 2. The highest BCUT2D eigenvalue weighted by atomic mass is 32.1. The lowest BCUT2D eigenvalue weighted by Gasteiger charge is -2.32. The monoisotopic (exact) mass is 310 g/mol. The summed E-state index contributed by atoms with van der Waals surface area (Å²) in [6.45, 7) is 0. The van der Waals surface area contributed by atoms with E-state index in [-0.39, 0.29) is 0 Å². The highest BCUT2D eigenvalue weighted by Gasteiger charge is 2.35. The summed E-state index contributed by atoms with van der Waals surface area (Å²) in [7, 11) is 0. The molecule has 0 amide bonds. The van der Waals surface area contributed by atoms with Gasteiger partial charge in [0.15, 0.2) is 0 Å². The molecule has 2 nitrogen and oxygen atoms in total. The number of benzene rings is 1. The second kappa shape index (κ2) is 5.81. The van der Waals surface area contributed by atoms with Crippen LogP contribution in [0.4, 0.5) is 0 Å². The molecule has 3 N–H and O–H groups in total. The molecule has 2 aliphatic rings. The lowest BCUT2D eigenvalue weighted by atomic mass is 9.76. The lowest BCUT2D eigenvalue weighted by molar-refractivity contribution is 0.275. The van der Waals surface area contributed by atoms with Crippen molar-refractivity contribution in [1.29, 1.82) is 0 Å². The molecule has 0 saturated heterocycles. The molecule has 2 aromatic rings. The number of hydrogen-bond acceptors (Lipinski definition) is 3. The first-order chi connectivity index (χ1) is 10.9. The van der Waals surface area contributed by atoms with Gasteiger partial charge in [0.1, 0.15) is 0 Å². The fraction of sp³-hybridized carbons (Fsp3) is 0.368. The number of fused-ring (bicyclic) bond motifs is 1. The van der Waals surface area contributed by atoms with Gasteiger partial charge in [0.2, 0.25) is 0 Å². The molecule has 4 rings (SSSR count). The van der Waals surface area contributed by atoms with Crippen molar-refractivity contribution in [2.75, 3.05) is 0 Å². The zero-order valence-corrected chi connectivity index (χ0v) is 13.5. The summed E-state index contributed by atoms with van der Waals surface area (Å²) < 4.78 is 0. The maximum absolute atomic E-state index is 5.78. The van der Waals surface area contributed by atoms with E-state index in [2.05, 4.69) is 47.1 Å². The van der Waals surface area contributed by atoms with Crippen LogP contribution in [0.25, 0.3) is 5.70 Å². The van der Waals surface area contributed by atoms with Crippen molar-refractivity contribution in [3.8, 4) is 0 Å². The summed E-state index contributed by atoms with van der Waals surface area (Å²) in [5.41, 5.74) is 9.73. The first kappa shape index (κ1) is 13.9. The van der Waals surface area contributed by atoms with Crippen LogP contribution >= 0.6 is 11.3 Å². The minimum absolute atomic E-state index is 0.474. The SMILES string of the molecule is N/C=C1\NC(C2CCC(c3ccccc3)CC2)c2sccc21. The number of nitrogens with one attached hydrogen (secondary N) is 1. The molecule has 1 atom stereocenters. The van der Waals surface area contributed by atoms with Crippen molar-refractivity contribution in [3.05, 3.63) is 64.0 Å². The molecule has 1 unspecified atom stereocenters. The van der Waals surface area contributed by atoms with Gasteiger partial charge in [-0.2, -0.15) is 0 Å². The smallest absolute Gasteiger partial charge is 0.0642 e. The average molecular weight is 310 g/mol. The van der Waals surface area contributed by atoms with Gasteiger partial charge in [-0.3, -0.25) is 0 Å². The van der Waals surface area contributed by atoms with E-state index in [4.69, 9.17) is 5.73 Å². The third-order valence-electron chi connectivity index (χ3n) is 5.26. The van der Waals surface area contributed by atoms with Crippen LogP contribution in [-0.2, 0) is 0 Å². The summed E-state index contributed by atoms with van der Waals surface area (Å²) >= 11 is 1.87. The third kappa shape index (κ3) is 2.34. The molecule has 0 bridgehead atoms. The molecule has 1 aliphatic carbocycles. The Bertz CT molecular complexity index is 666. The Morgan fingerprint density at radius 3 is 2.55 bits per heavy atom. The van der Waals surface area contributed by atoms with Gasteiger partial charge in [-0.25, -0.2) is 0 Å². The normalized spacial score (nSPS) is 29.3. The van der Waals surface area contributed by atoms with Crippen LogP contribution in [0.1, 0.15) is 53.6 Å². The molecule has 1 fully saturated rings. The van der Waals surface area contributed by atoms with Gasteiger partial charge in [0.05, 0.1) is 11.7 Å². The van der Waals surface area contributed by atoms with Crippen LogP contribution in [-0.4, -0.2) is 0 Å². The van der Waals surface area contributed by atoms with E-state index >= 15 is 0 Å². The molecule has 1 aromatic heterocycles. The van der Waals surface area contributed by atoms with E-state index < -0.39 is 0 Å². The predicted octanol–water partition coefficient (Wildman–Crippen LogP) is 4.62. The molecule has 1 aliphatic heterocycles. The predicted molar refractivity (Wildman–Crippen MR) is 93.5 cm³/mol. The molecule has 1 saturated carbocycles. The maximum Gasteiger partial charge on any atom is 0.0642 e. The van der Waals surface area contributed by atoms with Crippen LogP contribution in [0.2, 0.25) is 0 Å². The van der Waals surface area contributed by atoms with Crippen molar-refractivity contribution >= 4 is 17.0 Å². The quantitative estimate of drug-likeness (QED) is 0.849. The Labute approximate surface area is 136 Å². The standard InChI is InChI=1S/C19H22N2S/c20-12-17-16-10-11-22-19(16)18(21-17)15-8-6-14(7-9-15)13-4-2-1-3-5-13/h1-5,10-12,14-15,18,21H,6-9,20H2/b17-12-. The second-order valence-electron chi connectivity index (χ2n) is 6.42. The summed E-state index contributed by atoms with van der Waals surface area (Å²) in [5.74, 6) is 1.47. The zero-order valence-electron chi connectivity index (χ0n) is 12.7. The van der Waals surface area contributed by atoms with E-state index in [1.54, 1.807) is 6.20 Å². The van der Waals surface area contributed by atoms with Crippen LogP contribution in [0.5, 0.6) is 0 Å². The Morgan fingerprint density at radius 2 is 1.82 bits per heavy atom. The van der Waals surface area contributed by atoms with Crippen molar-refractivity contribution in [3.63, 3.8) is 0 Å². The molecule has 0 spiro atoms. The first-order valence-corrected chi connectivity index (χ1v) is 9.06. The van der Waals surface area contributed by atoms with E-state index in [9.17, 15) is 0 Å². The minimum atomic E-state index is 0.474. The Hall–Kier alpha value is -1.74. The number of nitrogens with two attached hydrogens (primary N) is 1. The maximum atomic E-state index is 5.78. The molecule has 22 heavy (non-hydrogen) atoms. The van der Waals surface area contributed by atoms with Gasteiger partial charge < -0.3 is 11.1 Å². The van der Waals surface area contributed by atoms with Crippen LogP contribution in [0.15, 0.2) is 48.0 Å². The summed E-state index contributed by atoms with van der Waals surface area (Å²) in [6.07, 6.45) is 6.92. The zero-order chi connectivity index (χ0) is 14.9. The van der Waals surface area contributed by atoms with Crippen LogP contribution in [0, 0.1) is 5.92 Å². The average Bonchev–Trinajstić information content (AvgIpc) is 3.18. The van der Waals surface area contributed by atoms with E-state index in [0.717, 1.165) is 17.5 Å². The molecule has 1 aromatic carbocycles. The number of hydrogen-bond donors (Lipinski definition) is 2. The van der Waals surface area contributed by atoms with Crippen molar-refractivity contribution in [2.45, 2.75) is 37.6 Å². The minimum Gasteiger partial charge on any atom is -0.403 e. The first-order valence-electron chi connectivity index (χ1n) is 8.18. The van der Waals surface area contributed by atoms with Gasteiger partial charge in [0.25, 0.3) is 0 Å². The largest absolute Gasteiger partial charge is 0.403 e. The van der Waals surface area contributed by atoms with Gasteiger partial charge in [-0.05, 0) is 54.5 Å². The summed E-state index contributed by atoms with van der Waals surface area (Å²) in [4.78, 5) is 1.49. The molecular formula is C19H22N2S. The Kier molecular flexibility index (Phi) is 3.67. The van der Waals surface area contributed by atoms with E-state index in [1.165, 1.54) is 41.7 Å². The molecule has 3 heteroatoms. The van der Waals surface area contributed by atoms with Crippen LogP contribution in [0.3, 0.4) is 0 Å². The fourth-order valence-electron chi connectivity index (χ4n) is 4.08. The number of thiophene rings is 1. The Balaban J connectivity index is 1.47. The third-order valence-corrected chi connectivity index (χ3v) is 6.26. The topological polar surface area (TPSA) is 38.0 Å². The highest BCUT2D eigenvalue weighted by Crippen LogP contribution is 2.46. The van der Waals surface area contributed by atoms with Crippen LogP contribution < -0.4 is 11.1 Å². The van der Waals surface area contributed by atoms with Gasteiger partial charge in [-0.1, -0.05) is 30.3 Å². The molecule has 0 radical (unpaired) electrons. The second-order valence-corrected chi connectivity index (χ2v) is 7.37. The van der Waals surface area contributed by atoms with Crippen molar-refractivity contribution in [1.82, 2.24) is 5.32 Å². The lowest BCUT2D eigenvalue weighted by Crippen LogP contribution is -2.25. The fourth-order valence-corrected chi connectivity index (χ4v) is 5.13. The molecule has 114 valence electrons. The summed E-state index contributed by atoms with van der Waals surface area (Å²) in [6, 6.07) is 13.7. The molecule has 2 heterocycles. The van der Waals surface area contributed by atoms with E-state index in [1.807, 2.05) is 11.3 Å². The van der Waals surface area contributed by atoms with E-state index in [0.29, 0.717) is 6.04 Å². The van der Waals surface area contributed by atoms with Crippen molar-refractivity contribution < 1.29 is 0 Å². The Morgan fingerprint density at radius 1 is 1.05 bits per heavy atom. The van der Waals surface area contributed by atoms with Gasteiger partial charge >= 0.3 is 0 Å². The highest BCUT2D eigenvalue weighted by molar-refractivity contribution is 7.10. The van der Waals surface area contributed by atoms with Crippen molar-refractivity contribution in [2.24, 2.45) is 11.7 Å². The molecular weight excluding hydrogens is 288 g/mol. The van der Waals surface area contributed by atoms with Gasteiger partial charge in [0, 0.05) is 16.6 Å². The summed E-state index contributed by atoms with van der Waals surface area (Å²) in [5, 5.41) is 5.85.